The first-order valence-corrected chi connectivity index (χ1v) is 8.26. The third kappa shape index (κ3) is 3.61. The lowest BCUT2D eigenvalue weighted by molar-refractivity contribution is 0.308. The lowest BCUT2D eigenvalue weighted by atomic mass is 9.92. The summed E-state index contributed by atoms with van der Waals surface area (Å²) in [4.78, 5) is 0.0291. The molecule has 0 amide bonds. The maximum atomic E-state index is 12.4. The molecule has 1 heterocycles. The average Bonchev–Trinajstić information content (AvgIpc) is 2.31. The standard InChI is InChI=1S/C12H16Cl2N2O2S/c1-12(4-6-15-7-5-12)16-19(17,18)11-8-9(13)2-3-10(11)14/h2-3,8,15-16H,4-7H2,1H3. The van der Waals surface area contributed by atoms with Gasteiger partial charge in [0.2, 0.25) is 10.0 Å². The number of rotatable bonds is 3. The molecule has 1 aromatic rings. The van der Waals surface area contributed by atoms with Crippen LogP contribution in [0.15, 0.2) is 23.1 Å². The van der Waals surface area contributed by atoms with E-state index in [2.05, 4.69) is 10.0 Å². The van der Waals surface area contributed by atoms with Gasteiger partial charge in [-0.05, 0) is 51.1 Å². The lowest BCUT2D eigenvalue weighted by Gasteiger charge is -2.34. The molecule has 1 aromatic carbocycles. The van der Waals surface area contributed by atoms with Crippen LogP contribution in [0, 0.1) is 0 Å². The summed E-state index contributed by atoms with van der Waals surface area (Å²) < 4.78 is 27.6. The number of sulfonamides is 1. The zero-order valence-corrected chi connectivity index (χ0v) is 12.9. The van der Waals surface area contributed by atoms with Crippen LogP contribution < -0.4 is 10.0 Å². The number of nitrogens with one attached hydrogen (secondary N) is 2. The minimum atomic E-state index is -3.67. The van der Waals surface area contributed by atoms with Gasteiger partial charge in [-0.3, -0.25) is 0 Å². The first kappa shape index (κ1) is 15.1. The van der Waals surface area contributed by atoms with E-state index >= 15 is 0 Å². The molecule has 0 unspecified atom stereocenters. The molecule has 0 saturated carbocycles. The van der Waals surface area contributed by atoms with E-state index in [4.69, 9.17) is 23.2 Å². The summed E-state index contributed by atoms with van der Waals surface area (Å²) in [7, 11) is -3.67. The predicted molar refractivity (Wildman–Crippen MR) is 77.3 cm³/mol. The number of halogens is 2. The van der Waals surface area contributed by atoms with E-state index in [0.29, 0.717) is 5.02 Å². The van der Waals surface area contributed by atoms with Gasteiger partial charge >= 0.3 is 0 Å². The second-order valence-electron chi connectivity index (χ2n) is 4.99. The maximum absolute atomic E-state index is 12.4. The molecular weight excluding hydrogens is 307 g/mol. The normalized spacial score (nSPS) is 19.3. The van der Waals surface area contributed by atoms with Crippen molar-refractivity contribution in [3.05, 3.63) is 28.2 Å². The van der Waals surface area contributed by atoms with Crippen molar-refractivity contribution < 1.29 is 8.42 Å². The summed E-state index contributed by atoms with van der Waals surface area (Å²) in [5, 5.41) is 3.73. The van der Waals surface area contributed by atoms with Gasteiger partial charge in [0.1, 0.15) is 4.90 Å². The molecule has 1 aliphatic rings. The Balaban J connectivity index is 2.29. The fraction of sp³-hybridized carbons (Fsp3) is 0.500. The summed E-state index contributed by atoms with van der Waals surface area (Å²) in [6.07, 6.45) is 1.48. The molecule has 2 rings (SSSR count). The summed E-state index contributed by atoms with van der Waals surface area (Å²) in [5.74, 6) is 0. The molecule has 0 spiro atoms. The van der Waals surface area contributed by atoms with Crippen LogP contribution in [0.4, 0.5) is 0 Å². The fourth-order valence-corrected chi connectivity index (χ4v) is 4.37. The largest absolute Gasteiger partial charge is 0.317 e. The minimum absolute atomic E-state index is 0.0291. The molecule has 0 atom stereocenters. The van der Waals surface area contributed by atoms with Gasteiger partial charge in [-0.25, -0.2) is 13.1 Å². The average molecular weight is 323 g/mol. The van der Waals surface area contributed by atoms with Crippen molar-refractivity contribution >= 4 is 33.2 Å². The highest BCUT2D eigenvalue weighted by Crippen LogP contribution is 2.27. The highest BCUT2D eigenvalue weighted by atomic mass is 35.5. The molecule has 0 aromatic heterocycles. The third-order valence-electron chi connectivity index (χ3n) is 3.27. The molecule has 1 saturated heterocycles. The van der Waals surface area contributed by atoms with E-state index in [9.17, 15) is 8.42 Å². The quantitative estimate of drug-likeness (QED) is 0.898. The van der Waals surface area contributed by atoms with Crippen molar-refractivity contribution in [3.63, 3.8) is 0 Å². The third-order valence-corrected chi connectivity index (χ3v) is 5.63. The zero-order chi connectivity index (χ0) is 14.1. The van der Waals surface area contributed by atoms with Gasteiger partial charge in [0.15, 0.2) is 0 Å². The van der Waals surface area contributed by atoms with Gasteiger partial charge in [-0.1, -0.05) is 23.2 Å². The van der Waals surface area contributed by atoms with Crippen molar-refractivity contribution in [1.82, 2.24) is 10.0 Å². The molecule has 106 valence electrons. The Kier molecular flexibility index (Phi) is 4.42. The van der Waals surface area contributed by atoms with Crippen LogP contribution in [0.25, 0.3) is 0 Å². The van der Waals surface area contributed by atoms with Crippen LogP contribution in [-0.2, 0) is 10.0 Å². The topological polar surface area (TPSA) is 58.2 Å². The Bertz CT molecular complexity index is 569. The molecular formula is C12H16Cl2N2O2S. The molecule has 19 heavy (non-hydrogen) atoms. The Labute approximate surface area is 123 Å². The second-order valence-corrected chi connectivity index (χ2v) is 7.49. The Morgan fingerprint density at radius 3 is 2.53 bits per heavy atom. The Morgan fingerprint density at radius 2 is 1.89 bits per heavy atom. The Hall–Kier alpha value is -0.330. The first-order chi connectivity index (χ1) is 8.82. The molecule has 0 aliphatic carbocycles. The number of benzene rings is 1. The highest BCUT2D eigenvalue weighted by molar-refractivity contribution is 7.89. The second kappa shape index (κ2) is 5.58. The van der Waals surface area contributed by atoms with Gasteiger partial charge in [-0.2, -0.15) is 0 Å². The van der Waals surface area contributed by atoms with Crippen molar-refractivity contribution in [2.24, 2.45) is 0 Å². The van der Waals surface area contributed by atoms with E-state index in [0.717, 1.165) is 25.9 Å². The van der Waals surface area contributed by atoms with Crippen molar-refractivity contribution in [1.29, 1.82) is 0 Å². The molecule has 0 bridgehead atoms. The van der Waals surface area contributed by atoms with Crippen LogP contribution in [0.2, 0.25) is 10.0 Å². The number of piperidine rings is 1. The minimum Gasteiger partial charge on any atom is -0.317 e. The summed E-state index contributed by atoms with van der Waals surface area (Å²) in [6, 6.07) is 4.43. The molecule has 2 N–H and O–H groups in total. The molecule has 4 nitrogen and oxygen atoms in total. The van der Waals surface area contributed by atoms with Crippen LogP contribution in [0.1, 0.15) is 19.8 Å². The van der Waals surface area contributed by atoms with E-state index in [-0.39, 0.29) is 9.92 Å². The van der Waals surface area contributed by atoms with Gasteiger partial charge in [0.25, 0.3) is 0 Å². The van der Waals surface area contributed by atoms with Crippen LogP contribution in [0.3, 0.4) is 0 Å². The van der Waals surface area contributed by atoms with Crippen LogP contribution >= 0.6 is 23.2 Å². The van der Waals surface area contributed by atoms with Crippen molar-refractivity contribution in [2.45, 2.75) is 30.2 Å². The van der Waals surface area contributed by atoms with Gasteiger partial charge in [0, 0.05) is 10.6 Å². The van der Waals surface area contributed by atoms with E-state index < -0.39 is 15.6 Å². The highest BCUT2D eigenvalue weighted by Gasteiger charge is 2.32. The zero-order valence-electron chi connectivity index (χ0n) is 10.5. The first-order valence-electron chi connectivity index (χ1n) is 6.02. The van der Waals surface area contributed by atoms with Crippen LogP contribution in [0.5, 0.6) is 0 Å². The molecule has 1 aliphatic heterocycles. The maximum Gasteiger partial charge on any atom is 0.242 e. The van der Waals surface area contributed by atoms with Crippen molar-refractivity contribution in [2.75, 3.05) is 13.1 Å². The Morgan fingerprint density at radius 1 is 1.26 bits per heavy atom. The number of hydrogen-bond acceptors (Lipinski definition) is 3. The molecule has 1 fully saturated rings. The summed E-state index contributed by atoms with van der Waals surface area (Å²) in [6.45, 7) is 3.49. The number of hydrogen-bond donors (Lipinski definition) is 2. The van der Waals surface area contributed by atoms with E-state index in [1.807, 2.05) is 6.92 Å². The summed E-state index contributed by atoms with van der Waals surface area (Å²) >= 11 is 11.8. The van der Waals surface area contributed by atoms with Crippen molar-refractivity contribution in [3.8, 4) is 0 Å². The fourth-order valence-electron chi connectivity index (χ4n) is 2.14. The SMILES string of the molecule is CC1(NS(=O)(=O)c2cc(Cl)ccc2Cl)CCNCC1. The van der Waals surface area contributed by atoms with Gasteiger partial charge in [0.05, 0.1) is 5.02 Å². The van der Waals surface area contributed by atoms with Gasteiger partial charge in [-0.15, -0.1) is 0 Å². The van der Waals surface area contributed by atoms with E-state index in [1.54, 1.807) is 6.07 Å². The summed E-state index contributed by atoms with van der Waals surface area (Å²) in [5.41, 5.74) is -0.449. The van der Waals surface area contributed by atoms with Crippen LogP contribution in [-0.4, -0.2) is 27.0 Å². The predicted octanol–water partition coefficient (Wildman–Crippen LogP) is 2.41. The molecule has 0 radical (unpaired) electrons. The lowest BCUT2D eigenvalue weighted by Crippen LogP contribution is -2.52. The molecule has 7 heteroatoms. The smallest absolute Gasteiger partial charge is 0.242 e. The monoisotopic (exact) mass is 322 g/mol. The van der Waals surface area contributed by atoms with Gasteiger partial charge < -0.3 is 5.32 Å². The van der Waals surface area contributed by atoms with E-state index in [1.165, 1.54) is 12.1 Å².